The maximum Gasteiger partial charge on any atom is 0.326 e. The summed E-state index contributed by atoms with van der Waals surface area (Å²) in [6.45, 7) is 1.95. The van der Waals surface area contributed by atoms with Crippen molar-refractivity contribution in [2.45, 2.75) is 32.2 Å². The minimum atomic E-state index is -1.08. The van der Waals surface area contributed by atoms with Gasteiger partial charge in [-0.3, -0.25) is 9.59 Å². The zero-order chi connectivity index (χ0) is 17.5. The molecule has 0 aliphatic carbocycles. The van der Waals surface area contributed by atoms with Crippen LogP contribution in [0.3, 0.4) is 0 Å². The normalized spacial score (nSPS) is 11.7. The summed E-state index contributed by atoms with van der Waals surface area (Å²) in [7, 11) is 0. The van der Waals surface area contributed by atoms with Gasteiger partial charge in [0.2, 0.25) is 0 Å². The van der Waals surface area contributed by atoms with Crippen molar-refractivity contribution < 1.29 is 23.9 Å². The number of amides is 2. The van der Waals surface area contributed by atoms with Gasteiger partial charge in [0.05, 0.1) is 11.8 Å². The standard InChI is InChI=1S/C16H18N2O5S/c1-2-3-5-11(16(21)22)17-13(19)10-7-9-24-15(10)18-14(20)12-6-4-8-23-12/h4,6-9,11H,2-3,5H2,1H3,(H,17,19)(H,18,20)(H,21,22). The highest BCUT2D eigenvalue weighted by atomic mass is 32.1. The fourth-order valence-corrected chi connectivity index (χ4v) is 2.84. The zero-order valence-electron chi connectivity index (χ0n) is 13.1. The number of hydrogen-bond donors (Lipinski definition) is 3. The number of carbonyl (C=O) groups is 3. The number of rotatable bonds is 8. The molecule has 0 bridgehead atoms. The SMILES string of the molecule is CCCCC(NC(=O)c1ccsc1NC(=O)c1ccco1)C(=O)O. The molecule has 1 atom stereocenters. The molecule has 2 heterocycles. The first-order valence-corrected chi connectivity index (χ1v) is 8.37. The second-order valence-electron chi connectivity index (χ2n) is 5.10. The highest BCUT2D eigenvalue weighted by Crippen LogP contribution is 2.24. The smallest absolute Gasteiger partial charge is 0.326 e. The molecule has 0 aromatic carbocycles. The van der Waals surface area contributed by atoms with Crippen LogP contribution in [0, 0.1) is 0 Å². The quantitative estimate of drug-likeness (QED) is 0.678. The van der Waals surface area contributed by atoms with Gasteiger partial charge in [0.25, 0.3) is 11.8 Å². The molecule has 0 saturated carbocycles. The maximum atomic E-state index is 12.3. The fraction of sp³-hybridized carbons (Fsp3) is 0.312. The Morgan fingerprint density at radius 2 is 2.08 bits per heavy atom. The van der Waals surface area contributed by atoms with E-state index in [1.165, 1.54) is 29.7 Å². The van der Waals surface area contributed by atoms with E-state index < -0.39 is 23.8 Å². The van der Waals surface area contributed by atoms with E-state index >= 15 is 0 Å². The first kappa shape index (κ1) is 17.7. The lowest BCUT2D eigenvalue weighted by atomic mass is 10.1. The number of hydrogen-bond acceptors (Lipinski definition) is 5. The number of anilines is 1. The molecule has 0 aliphatic rings. The van der Waals surface area contributed by atoms with Gasteiger partial charge in [-0.2, -0.15) is 0 Å². The Kier molecular flexibility index (Phi) is 6.14. The highest BCUT2D eigenvalue weighted by Gasteiger charge is 2.23. The Bertz CT molecular complexity index is 708. The fourth-order valence-electron chi connectivity index (χ4n) is 2.06. The molecule has 24 heavy (non-hydrogen) atoms. The topological polar surface area (TPSA) is 109 Å². The van der Waals surface area contributed by atoms with Gasteiger partial charge in [0.15, 0.2) is 5.76 Å². The first-order valence-electron chi connectivity index (χ1n) is 7.49. The second-order valence-corrected chi connectivity index (χ2v) is 6.02. The predicted molar refractivity (Wildman–Crippen MR) is 89.4 cm³/mol. The van der Waals surface area contributed by atoms with Gasteiger partial charge in [0, 0.05) is 0 Å². The summed E-state index contributed by atoms with van der Waals surface area (Å²) < 4.78 is 5.00. The van der Waals surface area contributed by atoms with Crippen LogP contribution in [0.15, 0.2) is 34.3 Å². The molecule has 0 radical (unpaired) electrons. The summed E-state index contributed by atoms with van der Waals surface area (Å²) in [5, 5.41) is 16.3. The van der Waals surface area contributed by atoms with Gasteiger partial charge in [-0.25, -0.2) is 4.79 Å². The van der Waals surface area contributed by atoms with Crippen molar-refractivity contribution in [3.05, 3.63) is 41.2 Å². The number of carboxylic acid groups (broad SMARTS) is 1. The molecule has 2 aromatic rings. The number of nitrogens with one attached hydrogen (secondary N) is 2. The summed E-state index contributed by atoms with van der Waals surface area (Å²) in [6.07, 6.45) is 3.27. The molecule has 1 unspecified atom stereocenters. The van der Waals surface area contributed by atoms with Crippen molar-refractivity contribution >= 4 is 34.1 Å². The maximum absolute atomic E-state index is 12.3. The molecule has 2 aromatic heterocycles. The number of furan rings is 1. The molecular weight excluding hydrogens is 332 g/mol. The van der Waals surface area contributed by atoms with Crippen molar-refractivity contribution in [3.8, 4) is 0 Å². The van der Waals surface area contributed by atoms with Gasteiger partial charge in [-0.05, 0) is 30.0 Å². The summed E-state index contributed by atoms with van der Waals surface area (Å²) in [6, 6.07) is 3.68. The highest BCUT2D eigenvalue weighted by molar-refractivity contribution is 7.14. The average molecular weight is 350 g/mol. The summed E-state index contributed by atoms with van der Waals surface area (Å²) >= 11 is 1.17. The van der Waals surface area contributed by atoms with Crippen LogP contribution < -0.4 is 10.6 Å². The number of carboxylic acids is 1. The first-order chi connectivity index (χ1) is 11.5. The lowest BCUT2D eigenvalue weighted by molar-refractivity contribution is -0.139. The third-order valence-corrected chi connectivity index (χ3v) is 4.16. The molecule has 2 amide bonds. The number of aliphatic carboxylic acids is 1. The monoisotopic (exact) mass is 350 g/mol. The Balaban J connectivity index is 2.06. The van der Waals surface area contributed by atoms with E-state index in [0.29, 0.717) is 17.8 Å². The van der Waals surface area contributed by atoms with Crippen molar-refractivity contribution in [2.75, 3.05) is 5.32 Å². The van der Waals surface area contributed by atoms with Gasteiger partial charge in [-0.1, -0.05) is 19.8 Å². The predicted octanol–water partition coefficient (Wildman–Crippen LogP) is 2.97. The third-order valence-electron chi connectivity index (χ3n) is 3.33. The second kappa shape index (κ2) is 8.30. The van der Waals surface area contributed by atoms with Crippen molar-refractivity contribution in [2.24, 2.45) is 0 Å². The summed E-state index contributed by atoms with van der Waals surface area (Å²) in [4.78, 5) is 35.6. The van der Waals surface area contributed by atoms with E-state index in [-0.39, 0.29) is 11.3 Å². The lowest BCUT2D eigenvalue weighted by Gasteiger charge is -2.14. The van der Waals surface area contributed by atoms with E-state index in [0.717, 1.165) is 6.42 Å². The van der Waals surface area contributed by atoms with E-state index in [1.807, 2.05) is 6.92 Å². The molecule has 7 nitrogen and oxygen atoms in total. The number of carbonyl (C=O) groups excluding carboxylic acids is 2. The molecule has 2 rings (SSSR count). The number of unbranched alkanes of at least 4 members (excludes halogenated alkanes) is 1. The van der Waals surface area contributed by atoms with Crippen LogP contribution in [0.5, 0.6) is 0 Å². The van der Waals surface area contributed by atoms with Gasteiger partial charge in [0.1, 0.15) is 11.0 Å². The van der Waals surface area contributed by atoms with Crippen molar-refractivity contribution in [1.82, 2.24) is 5.32 Å². The molecule has 3 N–H and O–H groups in total. The van der Waals surface area contributed by atoms with E-state index in [4.69, 9.17) is 4.42 Å². The summed E-state index contributed by atoms with van der Waals surface area (Å²) in [5.74, 6) is -1.96. The molecule has 128 valence electrons. The van der Waals surface area contributed by atoms with E-state index in [9.17, 15) is 19.5 Å². The number of thiophene rings is 1. The van der Waals surface area contributed by atoms with Crippen LogP contribution in [-0.4, -0.2) is 28.9 Å². The molecular formula is C16H18N2O5S. The molecule has 0 fully saturated rings. The molecule has 0 aliphatic heterocycles. The van der Waals surface area contributed by atoms with E-state index in [1.54, 1.807) is 11.4 Å². The van der Waals surface area contributed by atoms with Crippen molar-refractivity contribution in [1.29, 1.82) is 0 Å². The minimum Gasteiger partial charge on any atom is -0.480 e. The van der Waals surface area contributed by atoms with Gasteiger partial charge in [-0.15, -0.1) is 11.3 Å². The summed E-state index contributed by atoms with van der Waals surface area (Å²) in [5.41, 5.74) is 0.225. The Hall–Kier alpha value is -2.61. The molecule has 0 saturated heterocycles. The van der Waals surface area contributed by atoms with Crippen LogP contribution in [0.2, 0.25) is 0 Å². The van der Waals surface area contributed by atoms with Crippen LogP contribution >= 0.6 is 11.3 Å². The largest absolute Gasteiger partial charge is 0.480 e. The Morgan fingerprint density at radius 3 is 2.71 bits per heavy atom. The Morgan fingerprint density at radius 1 is 1.29 bits per heavy atom. The molecule has 8 heteroatoms. The molecule has 0 spiro atoms. The lowest BCUT2D eigenvalue weighted by Crippen LogP contribution is -2.40. The minimum absolute atomic E-state index is 0.126. The van der Waals surface area contributed by atoms with Crippen LogP contribution in [-0.2, 0) is 4.79 Å². The van der Waals surface area contributed by atoms with Crippen LogP contribution in [0.4, 0.5) is 5.00 Å². The van der Waals surface area contributed by atoms with Crippen molar-refractivity contribution in [3.63, 3.8) is 0 Å². The Labute approximate surface area is 142 Å². The van der Waals surface area contributed by atoms with Gasteiger partial charge < -0.3 is 20.2 Å². The third kappa shape index (κ3) is 4.45. The average Bonchev–Trinajstić information content (AvgIpc) is 3.22. The van der Waals surface area contributed by atoms with Gasteiger partial charge >= 0.3 is 5.97 Å². The zero-order valence-corrected chi connectivity index (χ0v) is 13.9. The van der Waals surface area contributed by atoms with Crippen LogP contribution in [0.1, 0.15) is 47.1 Å². The van der Waals surface area contributed by atoms with E-state index in [2.05, 4.69) is 10.6 Å². The van der Waals surface area contributed by atoms with Crippen LogP contribution in [0.25, 0.3) is 0 Å².